The highest BCUT2D eigenvalue weighted by Gasteiger charge is 2.16. The highest BCUT2D eigenvalue weighted by atomic mass is 16.6. The molecular formula is C11H11N5O3. The number of nitrogens with zero attached hydrogens (tertiary/aromatic N) is 2. The standard InChI is InChI=1S/C11H11N5O3/c1-12-8-6-7(2-3-9(8)16(18)19)10(17)15-11-13-4-5-14-11/h2-6,12H,1H3,(H2,13,14,15,17). The topological polar surface area (TPSA) is 113 Å². The third-order valence-electron chi connectivity index (χ3n) is 2.45. The van der Waals surface area contributed by atoms with Crippen molar-refractivity contribution in [1.82, 2.24) is 9.97 Å². The van der Waals surface area contributed by atoms with Crippen LogP contribution in [0.4, 0.5) is 17.3 Å². The quantitative estimate of drug-likeness (QED) is 0.571. The van der Waals surface area contributed by atoms with E-state index >= 15 is 0 Å². The van der Waals surface area contributed by atoms with Gasteiger partial charge in [-0.15, -0.1) is 0 Å². The van der Waals surface area contributed by atoms with E-state index in [1.807, 2.05) is 0 Å². The van der Waals surface area contributed by atoms with Crippen molar-refractivity contribution in [3.63, 3.8) is 0 Å². The number of nitro benzene ring substituents is 1. The number of nitro groups is 1. The summed E-state index contributed by atoms with van der Waals surface area (Å²) >= 11 is 0. The zero-order valence-electron chi connectivity index (χ0n) is 10.0. The molecule has 98 valence electrons. The lowest BCUT2D eigenvalue weighted by Gasteiger charge is -2.05. The van der Waals surface area contributed by atoms with Crippen LogP contribution in [0, 0.1) is 10.1 Å². The predicted octanol–water partition coefficient (Wildman–Crippen LogP) is 1.61. The SMILES string of the molecule is CNc1cc(C(=O)Nc2ncc[nH]2)ccc1[N+](=O)[O-]. The van der Waals surface area contributed by atoms with E-state index in [4.69, 9.17) is 0 Å². The van der Waals surface area contributed by atoms with Crippen molar-refractivity contribution >= 4 is 23.2 Å². The van der Waals surface area contributed by atoms with Gasteiger partial charge in [0.05, 0.1) is 4.92 Å². The molecule has 0 aliphatic carbocycles. The van der Waals surface area contributed by atoms with Crippen LogP contribution in [0.2, 0.25) is 0 Å². The van der Waals surface area contributed by atoms with Gasteiger partial charge in [-0.25, -0.2) is 4.98 Å². The Balaban J connectivity index is 2.25. The second kappa shape index (κ2) is 5.17. The molecule has 0 saturated carbocycles. The second-order valence-electron chi connectivity index (χ2n) is 3.63. The fourth-order valence-electron chi connectivity index (χ4n) is 1.55. The predicted molar refractivity (Wildman–Crippen MR) is 69.2 cm³/mol. The van der Waals surface area contributed by atoms with Crippen LogP contribution in [-0.2, 0) is 0 Å². The van der Waals surface area contributed by atoms with Crippen LogP contribution in [-0.4, -0.2) is 27.8 Å². The highest BCUT2D eigenvalue weighted by Crippen LogP contribution is 2.25. The molecule has 2 rings (SSSR count). The first-order chi connectivity index (χ1) is 9.11. The van der Waals surface area contributed by atoms with Gasteiger partial charge in [-0.05, 0) is 12.1 Å². The Kier molecular flexibility index (Phi) is 3.42. The monoisotopic (exact) mass is 261 g/mol. The summed E-state index contributed by atoms with van der Waals surface area (Å²) in [6.07, 6.45) is 3.08. The van der Waals surface area contributed by atoms with E-state index in [0.717, 1.165) is 0 Å². The zero-order chi connectivity index (χ0) is 13.8. The largest absolute Gasteiger partial charge is 0.383 e. The fraction of sp³-hybridized carbons (Fsp3) is 0.0909. The van der Waals surface area contributed by atoms with Crippen LogP contribution in [0.5, 0.6) is 0 Å². The summed E-state index contributed by atoms with van der Waals surface area (Å²) in [6.45, 7) is 0. The Labute approximate surface area is 108 Å². The van der Waals surface area contributed by atoms with Crippen molar-refractivity contribution in [2.45, 2.75) is 0 Å². The number of carbonyl (C=O) groups excluding carboxylic acids is 1. The molecule has 0 aliphatic rings. The molecule has 0 unspecified atom stereocenters. The van der Waals surface area contributed by atoms with Gasteiger partial charge in [0.25, 0.3) is 11.6 Å². The summed E-state index contributed by atoms with van der Waals surface area (Å²) in [7, 11) is 1.55. The molecule has 0 saturated heterocycles. The number of rotatable bonds is 4. The summed E-state index contributed by atoms with van der Waals surface area (Å²) in [5.41, 5.74) is 0.487. The maximum absolute atomic E-state index is 11.9. The van der Waals surface area contributed by atoms with Crippen LogP contribution in [0.25, 0.3) is 0 Å². The number of aromatic amines is 1. The Hall–Kier alpha value is -2.90. The molecule has 0 radical (unpaired) electrons. The number of carbonyl (C=O) groups is 1. The van der Waals surface area contributed by atoms with Crippen LogP contribution < -0.4 is 10.6 Å². The molecule has 1 amide bonds. The van der Waals surface area contributed by atoms with Crippen molar-refractivity contribution in [2.75, 3.05) is 17.7 Å². The minimum atomic E-state index is -0.514. The normalized spacial score (nSPS) is 9.95. The molecule has 0 bridgehead atoms. The van der Waals surface area contributed by atoms with E-state index < -0.39 is 10.8 Å². The van der Waals surface area contributed by atoms with Crippen LogP contribution in [0.3, 0.4) is 0 Å². The smallest absolute Gasteiger partial charge is 0.292 e. The number of H-pyrrole nitrogens is 1. The van der Waals surface area contributed by atoms with Gasteiger partial charge in [-0.2, -0.15) is 0 Å². The van der Waals surface area contributed by atoms with Gasteiger partial charge < -0.3 is 10.3 Å². The average molecular weight is 261 g/mol. The average Bonchev–Trinajstić information content (AvgIpc) is 2.90. The van der Waals surface area contributed by atoms with E-state index in [1.54, 1.807) is 13.2 Å². The Morgan fingerprint density at radius 1 is 1.47 bits per heavy atom. The molecular weight excluding hydrogens is 250 g/mol. The van der Waals surface area contributed by atoms with Crippen molar-refractivity contribution in [1.29, 1.82) is 0 Å². The van der Waals surface area contributed by atoms with E-state index in [0.29, 0.717) is 11.5 Å². The van der Waals surface area contributed by atoms with Crippen molar-refractivity contribution < 1.29 is 9.72 Å². The number of benzene rings is 1. The van der Waals surface area contributed by atoms with Gasteiger partial charge in [0, 0.05) is 31.1 Å². The summed E-state index contributed by atoms with van der Waals surface area (Å²) in [4.78, 5) is 28.7. The van der Waals surface area contributed by atoms with Crippen LogP contribution in [0.1, 0.15) is 10.4 Å². The van der Waals surface area contributed by atoms with Gasteiger partial charge >= 0.3 is 0 Å². The summed E-state index contributed by atoms with van der Waals surface area (Å²) in [5, 5.41) is 16.0. The third-order valence-corrected chi connectivity index (χ3v) is 2.45. The molecule has 19 heavy (non-hydrogen) atoms. The van der Waals surface area contributed by atoms with Crippen molar-refractivity contribution in [3.05, 3.63) is 46.3 Å². The van der Waals surface area contributed by atoms with Crippen molar-refractivity contribution in [3.8, 4) is 0 Å². The molecule has 2 aromatic rings. The number of imidazole rings is 1. The number of aromatic nitrogens is 2. The highest BCUT2D eigenvalue weighted by molar-refractivity contribution is 6.04. The fourth-order valence-corrected chi connectivity index (χ4v) is 1.55. The molecule has 0 atom stereocenters. The van der Waals surface area contributed by atoms with Crippen molar-refractivity contribution in [2.24, 2.45) is 0 Å². The summed E-state index contributed by atoms with van der Waals surface area (Å²) in [6, 6.07) is 4.08. The van der Waals surface area contributed by atoms with E-state index in [-0.39, 0.29) is 11.4 Å². The minimum Gasteiger partial charge on any atom is -0.383 e. The first kappa shape index (κ1) is 12.6. The molecule has 0 spiro atoms. The minimum absolute atomic E-state index is 0.0861. The van der Waals surface area contributed by atoms with E-state index in [2.05, 4.69) is 20.6 Å². The molecule has 1 aromatic carbocycles. The first-order valence-corrected chi connectivity index (χ1v) is 5.38. The third kappa shape index (κ3) is 2.68. The molecule has 1 aromatic heterocycles. The lowest BCUT2D eigenvalue weighted by molar-refractivity contribution is -0.383. The molecule has 0 aliphatic heterocycles. The Morgan fingerprint density at radius 2 is 2.26 bits per heavy atom. The van der Waals surface area contributed by atoms with Crippen LogP contribution in [0.15, 0.2) is 30.6 Å². The number of hydrogen-bond acceptors (Lipinski definition) is 5. The number of amides is 1. The molecule has 8 heteroatoms. The first-order valence-electron chi connectivity index (χ1n) is 5.38. The lowest BCUT2D eigenvalue weighted by atomic mass is 10.1. The van der Waals surface area contributed by atoms with Gasteiger partial charge in [0.1, 0.15) is 5.69 Å². The molecule has 8 nitrogen and oxygen atoms in total. The summed E-state index contributed by atoms with van der Waals surface area (Å²) < 4.78 is 0. The van der Waals surface area contributed by atoms with Gasteiger partial charge in [0.2, 0.25) is 5.95 Å². The Bertz CT molecular complexity index is 609. The van der Waals surface area contributed by atoms with E-state index in [9.17, 15) is 14.9 Å². The number of anilines is 2. The van der Waals surface area contributed by atoms with Gasteiger partial charge in [0.15, 0.2) is 0 Å². The maximum atomic E-state index is 11.9. The van der Waals surface area contributed by atoms with E-state index in [1.165, 1.54) is 24.4 Å². The molecule has 0 fully saturated rings. The second-order valence-corrected chi connectivity index (χ2v) is 3.63. The van der Waals surface area contributed by atoms with Gasteiger partial charge in [-0.3, -0.25) is 20.2 Å². The Morgan fingerprint density at radius 3 is 2.84 bits per heavy atom. The molecule has 1 heterocycles. The zero-order valence-corrected chi connectivity index (χ0v) is 10.0. The number of hydrogen-bond donors (Lipinski definition) is 3. The van der Waals surface area contributed by atoms with Gasteiger partial charge in [-0.1, -0.05) is 0 Å². The number of nitrogens with one attached hydrogen (secondary N) is 3. The summed E-state index contributed by atoms with van der Waals surface area (Å²) in [5.74, 6) is -0.0873. The maximum Gasteiger partial charge on any atom is 0.292 e. The molecule has 3 N–H and O–H groups in total. The lowest BCUT2D eigenvalue weighted by Crippen LogP contribution is -2.13. The van der Waals surface area contributed by atoms with Crippen LogP contribution >= 0.6 is 0 Å².